The Bertz CT molecular complexity index is 703. The van der Waals surface area contributed by atoms with Gasteiger partial charge in [-0.25, -0.2) is 0 Å². The van der Waals surface area contributed by atoms with Gasteiger partial charge in [-0.15, -0.1) is 0 Å². The van der Waals surface area contributed by atoms with Gasteiger partial charge >= 0.3 is 0 Å². The van der Waals surface area contributed by atoms with Crippen molar-refractivity contribution in [3.05, 3.63) is 72.3 Å². The van der Waals surface area contributed by atoms with Crippen LogP contribution in [0.25, 0.3) is 5.70 Å². The lowest BCUT2D eigenvalue weighted by atomic mass is 9.68. The minimum Gasteiger partial charge on any atom is -0.507 e. The van der Waals surface area contributed by atoms with E-state index in [2.05, 4.69) is 54.6 Å². The summed E-state index contributed by atoms with van der Waals surface area (Å²) in [5.41, 5.74) is 3.06. The first-order valence-corrected chi connectivity index (χ1v) is 9.08. The molecule has 3 heteroatoms. The van der Waals surface area contributed by atoms with E-state index in [-0.39, 0.29) is 11.2 Å². The van der Waals surface area contributed by atoms with E-state index in [0.717, 1.165) is 30.6 Å². The summed E-state index contributed by atoms with van der Waals surface area (Å²) in [4.78, 5) is 0. The number of aromatic hydroxyl groups is 1. The largest absolute Gasteiger partial charge is 0.507 e. The normalized spacial score (nSPS) is 23.2. The van der Waals surface area contributed by atoms with Crippen LogP contribution in [0.5, 0.6) is 5.75 Å². The predicted molar refractivity (Wildman–Crippen MR) is 105 cm³/mol. The van der Waals surface area contributed by atoms with Gasteiger partial charge < -0.3 is 15.7 Å². The highest BCUT2D eigenvalue weighted by Gasteiger charge is 2.36. The van der Waals surface area contributed by atoms with Crippen molar-refractivity contribution in [1.29, 1.82) is 0 Å². The summed E-state index contributed by atoms with van der Waals surface area (Å²) in [5, 5.41) is 17.0. The number of phenols is 1. The molecule has 1 aliphatic carbocycles. The van der Waals surface area contributed by atoms with E-state index >= 15 is 0 Å². The van der Waals surface area contributed by atoms with Crippen LogP contribution in [-0.4, -0.2) is 24.7 Å². The standard InChI is InChI=1S/C22H28N2O/c1-17(20-10-6-7-11-21(20)25)24-16-22(18-8-4-3-5-9-18)14-12-19(23-2)13-15-22/h3-11,19,23-25H,1,12-16H2,2H3. The van der Waals surface area contributed by atoms with Gasteiger partial charge in [-0.1, -0.05) is 49.0 Å². The van der Waals surface area contributed by atoms with Crippen LogP contribution in [0.1, 0.15) is 36.8 Å². The first kappa shape index (κ1) is 17.6. The summed E-state index contributed by atoms with van der Waals surface area (Å²) in [5.74, 6) is 0.271. The fraction of sp³-hybridized carbons (Fsp3) is 0.364. The summed E-state index contributed by atoms with van der Waals surface area (Å²) in [6.07, 6.45) is 4.64. The topological polar surface area (TPSA) is 44.3 Å². The minimum absolute atomic E-state index is 0.113. The lowest BCUT2D eigenvalue weighted by Gasteiger charge is -2.41. The van der Waals surface area contributed by atoms with E-state index in [1.165, 1.54) is 18.4 Å². The van der Waals surface area contributed by atoms with Crippen molar-refractivity contribution in [3.63, 3.8) is 0 Å². The third kappa shape index (κ3) is 3.88. The molecule has 132 valence electrons. The number of hydrogen-bond acceptors (Lipinski definition) is 3. The molecule has 3 nitrogen and oxygen atoms in total. The molecule has 0 saturated heterocycles. The molecule has 1 aliphatic rings. The van der Waals surface area contributed by atoms with Crippen LogP contribution in [0.2, 0.25) is 0 Å². The maximum Gasteiger partial charge on any atom is 0.124 e. The number of phenolic OH excluding ortho intramolecular Hbond substituents is 1. The summed E-state index contributed by atoms with van der Waals surface area (Å²) >= 11 is 0. The number of nitrogens with one attached hydrogen (secondary N) is 2. The number of rotatable bonds is 6. The Morgan fingerprint density at radius 1 is 1.08 bits per heavy atom. The van der Waals surface area contributed by atoms with Gasteiger partial charge in [0.05, 0.1) is 0 Å². The fourth-order valence-electron chi connectivity index (χ4n) is 3.92. The van der Waals surface area contributed by atoms with Crippen molar-refractivity contribution in [3.8, 4) is 5.75 Å². The van der Waals surface area contributed by atoms with E-state index in [0.29, 0.717) is 6.04 Å². The smallest absolute Gasteiger partial charge is 0.124 e. The van der Waals surface area contributed by atoms with Crippen LogP contribution < -0.4 is 10.6 Å². The average Bonchev–Trinajstić information content (AvgIpc) is 2.67. The van der Waals surface area contributed by atoms with E-state index in [4.69, 9.17) is 0 Å². The van der Waals surface area contributed by atoms with E-state index in [1.54, 1.807) is 6.07 Å². The monoisotopic (exact) mass is 336 g/mol. The highest BCUT2D eigenvalue weighted by atomic mass is 16.3. The first-order valence-electron chi connectivity index (χ1n) is 9.08. The Labute approximate surface area is 150 Å². The number of para-hydroxylation sites is 1. The fourth-order valence-corrected chi connectivity index (χ4v) is 3.92. The van der Waals surface area contributed by atoms with Crippen LogP contribution in [0.15, 0.2) is 61.2 Å². The molecule has 2 aromatic carbocycles. The molecule has 3 rings (SSSR count). The molecule has 2 aromatic rings. The Morgan fingerprint density at radius 2 is 1.72 bits per heavy atom. The van der Waals surface area contributed by atoms with Gasteiger partial charge in [0, 0.05) is 29.3 Å². The molecule has 0 radical (unpaired) electrons. The van der Waals surface area contributed by atoms with Crippen molar-refractivity contribution >= 4 is 5.70 Å². The quantitative estimate of drug-likeness (QED) is 0.745. The number of hydrogen-bond donors (Lipinski definition) is 3. The predicted octanol–water partition coefficient (Wildman–Crippen LogP) is 4.05. The SMILES string of the molecule is C=C(NCC1(c2ccccc2)CCC(NC)CC1)c1ccccc1O. The van der Waals surface area contributed by atoms with Gasteiger partial charge in [-0.05, 0) is 50.4 Å². The molecule has 0 aliphatic heterocycles. The van der Waals surface area contributed by atoms with Crippen molar-refractivity contribution in [2.45, 2.75) is 37.1 Å². The first-order chi connectivity index (χ1) is 12.1. The second-order valence-electron chi connectivity index (χ2n) is 7.06. The Balaban J connectivity index is 1.77. The molecule has 0 bridgehead atoms. The highest BCUT2D eigenvalue weighted by molar-refractivity contribution is 5.67. The lowest BCUT2D eigenvalue weighted by molar-refractivity contribution is 0.251. The molecule has 1 saturated carbocycles. The lowest BCUT2D eigenvalue weighted by Crippen LogP contribution is -2.44. The number of benzene rings is 2. The molecule has 0 amide bonds. The van der Waals surface area contributed by atoms with Crippen molar-refractivity contribution in [2.24, 2.45) is 0 Å². The zero-order valence-corrected chi connectivity index (χ0v) is 15.0. The van der Waals surface area contributed by atoms with Gasteiger partial charge in [0.2, 0.25) is 0 Å². The van der Waals surface area contributed by atoms with E-state index in [1.807, 2.05) is 18.2 Å². The average molecular weight is 336 g/mol. The van der Waals surface area contributed by atoms with Gasteiger partial charge in [-0.3, -0.25) is 0 Å². The van der Waals surface area contributed by atoms with Crippen LogP contribution in [0.4, 0.5) is 0 Å². The van der Waals surface area contributed by atoms with E-state index < -0.39 is 0 Å². The van der Waals surface area contributed by atoms with Gasteiger partial charge in [0.25, 0.3) is 0 Å². The molecule has 0 aromatic heterocycles. The van der Waals surface area contributed by atoms with Crippen LogP contribution in [-0.2, 0) is 5.41 Å². The maximum absolute atomic E-state index is 10.1. The summed E-state index contributed by atoms with van der Waals surface area (Å²) < 4.78 is 0. The molecule has 3 N–H and O–H groups in total. The second kappa shape index (κ2) is 7.75. The molecule has 1 fully saturated rings. The highest BCUT2D eigenvalue weighted by Crippen LogP contribution is 2.39. The molecular weight excluding hydrogens is 308 g/mol. The summed E-state index contributed by atoms with van der Waals surface area (Å²) in [6.45, 7) is 4.98. The van der Waals surface area contributed by atoms with Crippen molar-refractivity contribution in [1.82, 2.24) is 10.6 Å². The summed E-state index contributed by atoms with van der Waals surface area (Å²) in [7, 11) is 2.05. The third-order valence-electron chi connectivity index (χ3n) is 5.61. The van der Waals surface area contributed by atoms with Crippen molar-refractivity contribution < 1.29 is 5.11 Å². The molecule has 0 atom stereocenters. The zero-order chi connectivity index (χ0) is 17.7. The van der Waals surface area contributed by atoms with Crippen molar-refractivity contribution in [2.75, 3.05) is 13.6 Å². The molecule has 0 heterocycles. The Morgan fingerprint density at radius 3 is 2.36 bits per heavy atom. The molecule has 0 unspecified atom stereocenters. The zero-order valence-electron chi connectivity index (χ0n) is 15.0. The summed E-state index contributed by atoms with van der Waals surface area (Å²) in [6, 6.07) is 18.8. The van der Waals surface area contributed by atoms with E-state index in [9.17, 15) is 5.11 Å². The molecule has 0 spiro atoms. The van der Waals surface area contributed by atoms with Gasteiger partial charge in [0.1, 0.15) is 5.75 Å². The van der Waals surface area contributed by atoms with Gasteiger partial charge in [-0.2, -0.15) is 0 Å². The van der Waals surface area contributed by atoms with Crippen LogP contribution >= 0.6 is 0 Å². The third-order valence-corrected chi connectivity index (χ3v) is 5.61. The Hall–Kier alpha value is -2.26. The van der Waals surface area contributed by atoms with Crippen LogP contribution in [0.3, 0.4) is 0 Å². The van der Waals surface area contributed by atoms with Gasteiger partial charge in [0.15, 0.2) is 0 Å². The maximum atomic E-state index is 10.1. The minimum atomic E-state index is 0.113. The Kier molecular flexibility index (Phi) is 5.44. The molecular formula is C22H28N2O. The van der Waals surface area contributed by atoms with Crippen LogP contribution in [0, 0.1) is 0 Å². The second-order valence-corrected chi connectivity index (χ2v) is 7.06. The molecule has 25 heavy (non-hydrogen) atoms.